The number of carbonyl (C=O) groups excluding carboxylic acids is 2. The Kier molecular flexibility index (Phi) is 6.59. The highest BCUT2D eigenvalue weighted by Gasteiger charge is 2.28. The van der Waals surface area contributed by atoms with Crippen molar-refractivity contribution in [1.82, 2.24) is 10.2 Å². The smallest absolute Gasteiger partial charge is 0.245 e. The van der Waals surface area contributed by atoms with Gasteiger partial charge in [0.1, 0.15) is 6.04 Å². The summed E-state index contributed by atoms with van der Waals surface area (Å²) in [6, 6.07) is 9.05. The Balaban J connectivity index is 1.92. The van der Waals surface area contributed by atoms with Gasteiger partial charge in [0.2, 0.25) is 11.8 Å². The van der Waals surface area contributed by atoms with Crippen LogP contribution in [0.4, 0.5) is 0 Å². The van der Waals surface area contributed by atoms with E-state index in [9.17, 15) is 14.7 Å². The number of benzene rings is 1. The van der Waals surface area contributed by atoms with Gasteiger partial charge in [-0.1, -0.05) is 43.7 Å². The number of carbonyl (C=O) groups is 2. The zero-order valence-corrected chi connectivity index (χ0v) is 13.7. The van der Waals surface area contributed by atoms with Crippen LogP contribution in [0.25, 0.3) is 0 Å². The van der Waals surface area contributed by atoms with E-state index in [-0.39, 0.29) is 24.3 Å². The zero-order valence-electron chi connectivity index (χ0n) is 13.7. The average molecular weight is 318 g/mol. The molecule has 1 aromatic carbocycles. The van der Waals surface area contributed by atoms with Gasteiger partial charge in [0, 0.05) is 13.1 Å². The second-order valence-corrected chi connectivity index (χ2v) is 6.13. The lowest BCUT2D eigenvalue weighted by molar-refractivity contribution is -0.138. The van der Waals surface area contributed by atoms with Crippen LogP contribution in [0, 0.1) is 0 Å². The van der Waals surface area contributed by atoms with Crippen LogP contribution in [0.15, 0.2) is 30.3 Å². The minimum atomic E-state index is -0.466. The highest BCUT2D eigenvalue weighted by Crippen LogP contribution is 2.13. The Labute approximate surface area is 137 Å². The van der Waals surface area contributed by atoms with Crippen molar-refractivity contribution in [2.75, 3.05) is 13.1 Å². The number of piperidine rings is 1. The van der Waals surface area contributed by atoms with Gasteiger partial charge in [0.25, 0.3) is 0 Å². The first kappa shape index (κ1) is 17.5. The van der Waals surface area contributed by atoms with Crippen molar-refractivity contribution in [3.05, 3.63) is 35.9 Å². The fraction of sp³-hybridized carbons (Fsp3) is 0.556. The van der Waals surface area contributed by atoms with Gasteiger partial charge in [0.15, 0.2) is 0 Å². The summed E-state index contributed by atoms with van der Waals surface area (Å²) in [4.78, 5) is 26.6. The third-order valence-electron chi connectivity index (χ3n) is 4.19. The van der Waals surface area contributed by atoms with Crippen LogP contribution >= 0.6 is 0 Å². The molecular formula is C18H26N2O3. The first-order valence-corrected chi connectivity index (χ1v) is 8.40. The Morgan fingerprint density at radius 1 is 1.26 bits per heavy atom. The van der Waals surface area contributed by atoms with Gasteiger partial charge in [-0.15, -0.1) is 0 Å². The molecular weight excluding hydrogens is 292 g/mol. The number of nitrogens with one attached hydrogen (secondary N) is 1. The maximum absolute atomic E-state index is 12.6. The number of aliphatic hydroxyl groups is 1. The minimum Gasteiger partial charge on any atom is -0.393 e. The second kappa shape index (κ2) is 8.67. The van der Waals surface area contributed by atoms with Crippen molar-refractivity contribution >= 4 is 11.8 Å². The third kappa shape index (κ3) is 5.36. The van der Waals surface area contributed by atoms with Crippen LogP contribution in [0.2, 0.25) is 0 Å². The van der Waals surface area contributed by atoms with Gasteiger partial charge in [-0.05, 0) is 24.8 Å². The predicted molar refractivity (Wildman–Crippen MR) is 88.8 cm³/mol. The molecule has 5 nitrogen and oxygen atoms in total. The molecule has 1 saturated heterocycles. The largest absolute Gasteiger partial charge is 0.393 e. The number of hydrogen-bond acceptors (Lipinski definition) is 3. The fourth-order valence-corrected chi connectivity index (χ4v) is 2.88. The Morgan fingerprint density at radius 3 is 2.52 bits per heavy atom. The molecule has 2 amide bonds. The lowest BCUT2D eigenvalue weighted by atomic mass is 10.0. The van der Waals surface area contributed by atoms with Crippen molar-refractivity contribution in [2.45, 2.75) is 51.2 Å². The summed E-state index contributed by atoms with van der Waals surface area (Å²) in [6.45, 7) is 3.13. The quantitative estimate of drug-likeness (QED) is 0.835. The molecule has 2 N–H and O–H groups in total. The van der Waals surface area contributed by atoms with Gasteiger partial charge in [-0.25, -0.2) is 0 Å². The second-order valence-electron chi connectivity index (χ2n) is 6.13. The molecule has 0 aromatic heterocycles. The Bertz CT molecular complexity index is 510. The molecule has 5 heteroatoms. The van der Waals surface area contributed by atoms with Crippen LogP contribution in [-0.4, -0.2) is 47.1 Å². The number of rotatable bonds is 6. The summed E-state index contributed by atoms with van der Waals surface area (Å²) in [5.41, 5.74) is 0.939. The third-order valence-corrected chi connectivity index (χ3v) is 4.19. The molecule has 1 fully saturated rings. The highest BCUT2D eigenvalue weighted by atomic mass is 16.3. The van der Waals surface area contributed by atoms with E-state index >= 15 is 0 Å². The molecule has 23 heavy (non-hydrogen) atoms. The van der Waals surface area contributed by atoms with E-state index in [1.807, 2.05) is 37.3 Å². The monoisotopic (exact) mass is 318 g/mol. The summed E-state index contributed by atoms with van der Waals surface area (Å²) in [5.74, 6) is -0.153. The topological polar surface area (TPSA) is 69.6 Å². The number of likely N-dealkylation sites (tertiary alicyclic amines) is 1. The molecule has 0 bridgehead atoms. The van der Waals surface area contributed by atoms with E-state index in [0.717, 1.165) is 12.0 Å². The summed E-state index contributed by atoms with van der Waals surface area (Å²) in [5, 5.41) is 12.4. The van der Waals surface area contributed by atoms with E-state index in [1.54, 1.807) is 4.90 Å². The van der Waals surface area contributed by atoms with Gasteiger partial charge in [-0.2, -0.15) is 0 Å². The summed E-state index contributed by atoms with van der Waals surface area (Å²) in [6.07, 6.45) is 2.67. The van der Waals surface area contributed by atoms with Crippen molar-refractivity contribution < 1.29 is 14.7 Å². The predicted octanol–water partition coefficient (Wildman–Crippen LogP) is 1.50. The van der Waals surface area contributed by atoms with Crippen LogP contribution in [-0.2, 0) is 16.0 Å². The molecule has 0 radical (unpaired) electrons. The average Bonchev–Trinajstić information content (AvgIpc) is 2.55. The van der Waals surface area contributed by atoms with Gasteiger partial charge in [-0.3, -0.25) is 9.59 Å². The van der Waals surface area contributed by atoms with Crippen molar-refractivity contribution in [3.8, 4) is 0 Å². The standard InChI is InChI=1S/C18H26N2O3/c1-2-6-16(18(23)20-11-9-15(21)10-12-20)19-17(22)13-14-7-4-3-5-8-14/h3-5,7-8,15-16,21H,2,6,9-13H2,1H3,(H,19,22). The summed E-state index contributed by atoms with van der Waals surface area (Å²) >= 11 is 0. The zero-order chi connectivity index (χ0) is 16.7. The van der Waals surface area contributed by atoms with Crippen LogP contribution in [0.1, 0.15) is 38.2 Å². The maximum Gasteiger partial charge on any atom is 0.245 e. The van der Waals surface area contributed by atoms with Crippen LogP contribution in [0.3, 0.4) is 0 Å². The Morgan fingerprint density at radius 2 is 1.91 bits per heavy atom. The molecule has 2 rings (SSSR count). The van der Waals surface area contributed by atoms with Gasteiger partial charge in [0.05, 0.1) is 12.5 Å². The van der Waals surface area contributed by atoms with E-state index in [2.05, 4.69) is 5.32 Å². The van der Waals surface area contributed by atoms with Gasteiger partial charge >= 0.3 is 0 Å². The van der Waals surface area contributed by atoms with E-state index in [1.165, 1.54) is 0 Å². The molecule has 1 aliphatic rings. The normalized spacial score (nSPS) is 16.9. The Hall–Kier alpha value is -1.88. The number of nitrogens with zero attached hydrogens (tertiary/aromatic N) is 1. The van der Waals surface area contributed by atoms with Crippen LogP contribution in [0.5, 0.6) is 0 Å². The lowest BCUT2D eigenvalue weighted by Gasteiger charge is -2.32. The SMILES string of the molecule is CCCC(NC(=O)Cc1ccccc1)C(=O)N1CCC(O)CC1. The number of hydrogen-bond donors (Lipinski definition) is 2. The highest BCUT2D eigenvalue weighted by molar-refractivity contribution is 5.88. The summed E-state index contributed by atoms with van der Waals surface area (Å²) in [7, 11) is 0. The molecule has 1 heterocycles. The molecule has 126 valence electrons. The van der Waals surface area contributed by atoms with E-state index in [4.69, 9.17) is 0 Å². The molecule has 1 aliphatic heterocycles. The molecule has 1 atom stereocenters. The van der Waals surface area contributed by atoms with Crippen molar-refractivity contribution in [1.29, 1.82) is 0 Å². The maximum atomic E-state index is 12.6. The van der Waals surface area contributed by atoms with Gasteiger partial charge < -0.3 is 15.3 Å². The number of amides is 2. The van der Waals surface area contributed by atoms with Crippen molar-refractivity contribution in [3.63, 3.8) is 0 Å². The summed E-state index contributed by atoms with van der Waals surface area (Å²) < 4.78 is 0. The molecule has 0 aliphatic carbocycles. The molecule has 1 unspecified atom stereocenters. The molecule has 0 spiro atoms. The first-order chi connectivity index (χ1) is 11.1. The molecule has 1 aromatic rings. The molecule has 0 saturated carbocycles. The fourth-order valence-electron chi connectivity index (χ4n) is 2.88. The lowest BCUT2D eigenvalue weighted by Crippen LogP contribution is -2.51. The van der Waals surface area contributed by atoms with E-state index in [0.29, 0.717) is 32.4 Å². The van der Waals surface area contributed by atoms with Crippen LogP contribution < -0.4 is 5.32 Å². The first-order valence-electron chi connectivity index (χ1n) is 8.40. The number of aliphatic hydroxyl groups excluding tert-OH is 1. The minimum absolute atomic E-state index is 0.0276. The van der Waals surface area contributed by atoms with Crippen molar-refractivity contribution in [2.24, 2.45) is 0 Å². The van der Waals surface area contributed by atoms with E-state index < -0.39 is 6.04 Å².